The van der Waals surface area contributed by atoms with Crippen LogP contribution in [0.25, 0.3) is 10.4 Å². The van der Waals surface area contributed by atoms with Gasteiger partial charge in [0.05, 0.1) is 25.9 Å². The lowest BCUT2D eigenvalue weighted by atomic mass is 10.1. The lowest BCUT2D eigenvalue weighted by Crippen LogP contribution is -2.29. The monoisotopic (exact) mass is 447 g/mol. The molecule has 0 aliphatic carbocycles. The molecular formula is C21H21NO6S2. The highest BCUT2D eigenvalue weighted by Gasteiger charge is 2.23. The molecule has 0 aliphatic rings. The predicted octanol–water partition coefficient (Wildman–Crippen LogP) is 3.22. The van der Waals surface area contributed by atoms with Crippen molar-refractivity contribution in [2.75, 3.05) is 20.8 Å². The van der Waals surface area contributed by atoms with Gasteiger partial charge in [-0.15, -0.1) is 11.3 Å². The van der Waals surface area contributed by atoms with Crippen LogP contribution in [0, 0.1) is 0 Å². The van der Waals surface area contributed by atoms with E-state index in [9.17, 15) is 18.3 Å². The Bertz CT molecular complexity index is 1110. The van der Waals surface area contributed by atoms with Crippen LogP contribution in [0.4, 0.5) is 0 Å². The van der Waals surface area contributed by atoms with E-state index in [0.29, 0.717) is 5.56 Å². The highest BCUT2D eigenvalue weighted by molar-refractivity contribution is 7.89. The lowest BCUT2D eigenvalue weighted by molar-refractivity contribution is 0.0600. The van der Waals surface area contributed by atoms with Crippen molar-refractivity contribution in [3.05, 3.63) is 71.1 Å². The van der Waals surface area contributed by atoms with Gasteiger partial charge in [0.1, 0.15) is 10.6 Å². The van der Waals surface area contributed by atoms with E-state index in [0.717, 1.165) is 10.4 Å². The maximum Gasteiger partial charge on any atom is 0.337 e. The van der Waals surface area contributed by atoms with Gasteiger partial charge in [0.2, 0.25) is 10.0 Å². The second-order valence-electron chi connectivity index (χ2n) is 6.32. The molecule has 1 unspecified atom stereocenters. The number of sulfonamides is 1. The summed E-state index contributed by atoms with van der Waals surface area (Å²) < 4.78 is 37.6. The van der Waals surface area contributed by atoms with Crippen LogP contribution >= 0.6 is 11.3 Å². The Morgan fingerprint density at radius 3 is 2.47 bits per heavy atom. The Kier molecular flexibility index (Phi) is 6.88. The number of hydrogen-bond donors (Lipinski definition) is 2. The number of carbonyl (C=O) groups excluding carboxylic acids is 1. The lowest BCUT2D eigenvalue weighted by Gasteiger charge is -2.15. The predicted molar refractivity (Wildman–Crippen MR) is 114 cm³/mol. The van der Waals surface area contributed by atoms with Crippen LogP contribution in [0.15, 0.2) is 64.9 Å². The van der Waals surface area contributed by atoms with Gasteiger partial charge in [0.25, 0.3) is 0 Å². The van der Waals surface area contributed by atoms with Crippen molar-refractivity contribution in [2.45, 2.75) is 11.0 Å². The Balaban J connectivity index is 1.75. The molecule has 1 atom stereocenters. The quantitative estimate of drug-likeness (QED) is 0.514. The van der Waals surface area contributed by atoms with Crippen molar-refractivity contribution < 1.29 is 27.8 Å². The molecule has 0 aliphatic heterocycles. The Morgan fingerprint density at radius 1 is 1.13 bits per heavy atom. The molecule has 0 bridgehead atoms. The van der Waals surface area contributed by atoms with Gasteiger partial charge in [0.15, 0.2) is 0 Å². The van der Waals surface area contributed by atoms with E-state index in [2.05, 4.69) is 9.46 Å². The van der Waals surface area contributed by atoms with E-state index >= 15 is 0 Å². The minimum absolute atomic E-state index is 0.0726. The normalized spacial score (nSPS) is 12.4. The first kappa shape index (κ1) is 22.0. The topological polar surface area (TPSA) is 102 Å². The van der Waals surface area contributed by atoms with Crippen LogP contribution in [0.2, 0.25) is 0 Å². The third-order valence-corrected chi connectivity index (χ3v) is 6.81. The SMILES string of the molecule is COC(=O)c1ccc(OC)c(S(=O)(=O)NCC(O)c2ccc(-c3cccs3)cc2)c1. The maximum absolute atomic E-state index is 12.8. The molecule has 0 saturated heterocycles. The van der Waals surface area contributed by atoms with Crippen molar-refractivity contribution >= 4 is 27.3 Å². The molecule has 0 radical (unpaired) electrons. The van der Waals surface area contributed by atoms with E-state index in [1.165, 1.54) is 32.4 Å². The number of carbonyl (C=O) groups is 1. The summed E-state index contributed by atoms with van der Waals surface area (Å²) in [5.74, 6) is -0.593. The smallest absolute Gasteiger partial charge is 0.337 e. The highest BCUT2D eigenvalue weighted by atomic mass is 32.2. The van der Waals surface area contributed by atoms with Gasteiger partial charge in [-0.3, -0.25) is 0 Å². The summed E-state index contributed by atoms with van der Waals surface area (Å²) in [6.07, 6.45) is -1.05. The molecule has 1 aromatic heterocycles. The molecule has 158 valence electrons. The molecule has 2 N–H and O–H groups in total. The summed E-state index contributed by atoms with van der Waals surface area (Å²) in [7, 11) is -1.52. The van der Waals surface area contributed by atoms with Gasteiger partial charge in [-0.1, -0.05) is 30.3 Å². The average Bonchev–Trinajstić information content (AvgIpc) is 3.31. The highest BCUT2D eigenvalue weighted by Crippen LogP contribution is 2.27. The van der Waals surface area contributed by atoms with Crippen LogP contribution < -0.4 is 9.46 Å². The van der Waals surface area contributed by atoms with Crippen LogP contribution in [0.5, 0.6) is 5.75 Å². The van der Waals surface area contributed by atoms with Gasteiger partial charge in [-0.2, -0.15) is 0 Å². The van der Waals surface area contributed by atoms with E-state index in [1.807, 2.05) is 29.6 Å². The van der Waals surface area contributed by atoms with Gasteiger partial charge < -0.3 is 14.6 Å². The third kappa shape index (κ3) is 4.88. The molecule has 0 spiro atoms. The van der Waals surface area contributed by atoms with Crippen molar-refractivity contribution in [1.29, 1.82) is 0 Å². The fourth-order valence-electron chi connectivity index (χ4n) is 2.83. The van der Waals surface area contributed by atoms with Gasteiger partial charge in [-0.25, -0.2) is 17.9 Å². The van der Waals surface area contributed by atoms with E-state index in [4.69, 9.17) is 4.74 Å². The van der Waals surface area contributed by atoms with E-state index < -0.39 is 22.1 Å². The maximum atomic E-state index is 12.8. The molecule has 2 aromatic carbocycles. The zero-order valence-electron chi connectivity index (χ0n) is 16.4. The second-order valence-corrected chi connectivity index (χ2v) is 9.01. The number of methoxy groups -OCH3 is 2. The molecule has 0 saturated carbocycles. The first-order valence-corrected chi connectivity index (χ1v) is 11.3. The summed E-state index contributed by atoms with van der Waals surface area (Å²) in [5, 5.41) is 12.4. The van der Waals surface area contributed by atoms with E-state index in [1.54, 1.807) is 23.5 Å². The molecule has 9 heteroatoms. The first-order valence-electron chi connectivity index (χ1n) is 8.93. The summed E-state index contributed by atoms with van der Waals surface area (Å²) in [5.41, 5.74) is 1.67. The number of benzene rings is 2. The van der Waals surface area contributed by atoms with Crippen LogP contribution in [-0.4, -0.2) is 40.3 Å². The summed E-state index contributed by atoms with van der Waals surface area (Å²) in [6, 6.07) is 15.2. The number of hydrogen-bond acceptors (Lipinski definition) is 7. The number of thiophene rings is 1. The number of rotatable bonds is 8. The number of nitrogens with one attached hydrogen (secondary N) is 1. The Morgan fingerprint density at radius 2 is 1.87 bits per heavy atom. The zero-order chi connectivity index (χ0) is 21.7. The molecule has 3 rings (SSSR count). The van der Waals surface area contributed by atoms with Crippen molar-refractivity contribution in [3.8, 4) is 16.2 Å². The minimum Gasteiger partial charge on any atom is -0.495 e. The van der Waals surface area contributed by atoms with Crippen molar-refractivity contribution in [1.82, 2.24) is 4.72 Å². The number of esters is 1. The first-order chi connectivity index (χ1) is 14.4. The molecule has 0 fully saturated rings. The average molecular weight is 448 g/mol. The van der Waals surface area contributed by atoms with E-state index in [-0.39, 0.29) is 22.8 Å². The summed E-state index contributed by atoms with van der Waals surface area (Å²) in [4.78, 5) is 12.6. The number of aliphatic hydroxyl groups is 1. The molecule has 30 heavy (non-hydrogen) atoms. The standard InChI is InChI=1S/C21H21NO6S2/c1-27-18-10-9-16(21(24)28-2)12-20(18)30(25,26)22-13-17(23)14-5-7-15(8-6-14)19-4-3-11-29-19/h3-12,17,22-23H,13H2,1-2H3. The molecule has 0 amide bonds. The fraction of sp³-hybridized carbons (Fsp3) is 0.190. The van der Waals surface area contributed by atoms with Crippen molar-refractivity contribution in [2.24, 2.45) is 0 Å². The molecule has 3 aromatic rings. The Labute approximate surface area is 179 Å². The molecular weight excluding hydrogens is 426 g/mol. The van der Waals surface area contributed by atoms with Gasteiger partial charge in [-0.05, 0) is 40.8 Å². The summed E-state index contributed by atoms with van der Waals surface area (Å²) >= 11 is 1.61. The van der Waals surface area contributed by atoms with Crippen LogP contribution in [0.3, 0.4) is 0 Å². The minimum atomic E-state index is -4.06. The van der Waals surface area contributed by atoms with Crippen molar-refractivity contribution in [3.63, 3.8) is 0 Å². The Hall–Kier alpha value is -2.72. The molecule has 7 nitrogen and oxygen atoms in total. The third-order valence-electron chi connectivity index (χ3n) is 4.44. The number of ether oxygens (including phenoxy) is 2. The van der Waals surface area contributed by atoms with Gasteiger partial charge >= 0.3 is 5.97 Å². The largest absolute Gasteiger partial charge is 0.495 e. The van der Waals surface area contributed by atoms with Crippen LogP contribution in [-0.2, 0) is 14.8 Å². The fourth-order valence-corrected chi connectivity index (χ4v) is 4.79. The molecule has 1 heterocycles. The van der Waals surface area contributed by atoms with Crippen LogP contribution in [0.1, 0.15) is 22.0 Å². The van der Waals surface area contributed by atoms with Gasteiger partial charge in [0, 0.05) is 11.4 Å². The second kappa shape index (κ2) is 9.40. The summed E-state index contributed by atoms with van der Waals surface area (Å²) in [6.45, 7) is -0.244. The number of aliphatic hydroxyl groups excluding tert-OH is 1. The zero-order valence-corrected chi connectivity index (χ0v) is 18.0.